The van der Waals surface area contributed by atoms with E-state index < -0.39 is 0 Å². The molecule has 2 rings (SSSR count). The van der Waals surface area contributed by atoms with Gasteiger partial charge in [0.05, 0.1) is 5.92 Å². The molecule has 0 saturated heterocycles. The molecule has 1 amide bonds. The van der Waals surface area contributed by atoms with Crippen LogP contribution in [-0.2, 0) is 11.2 Å². The normalized spacial score (nSPS) is 18.1. The molecule has 0 saturated carbocycles. The zero-order valence-corrected chi connectivity index (χ0v) is 13.2. The molecule has 0 bridgehead atoms. The van der Waals surface area contributed by atoms with E-state index in [1.54, 1.807) is 0 Å². The highest BCUT2D eigenvalue weighted by Crippen LogP contribution is 2.32. The van der Waals surface area contributed by atoms with Crippen LogP contribution in [-0.4, -0.2) is 24.2 Å². The van der Waals surface area contributed by atoms with Crippen molar-refractivity contribution in [1.29, 1.82) is 0 Å². The van der Waals surface area contributed by atoms with E-state index >= 15 is 0 Å². The molecule has 2 N–H and O–H groups in total. The highest BCUT2D eigenvalue weighted by atomic mass is 16.2. The van der Waals surface area contributed by atoms with E-state index in [0.29, 0.717) is 6.54 Å². The summed E-state index contributed by atoms with van der Waals surface area (Å²) < 4.78 is 0. The van der Waals surface area contributed by atoms with E-state index in [2.05, 4.69) is 37.4 Å². The summed E-state index contributed by atoms with van der Waals surface area (Å²) in [6, 6.07) is 8.31. The van der Waals surface area contributed by atoms with Gasteiger partial charge in [0.2, 0.25) is 5.91 Å². The Morgan fingerprint density at radius 3 is 2.90 bits per heavy atom. The highest BCUT2D eigenvalue weighted by molar-refractivity contribution is 5.84. The molecule has 0 radical (unpaired) electrons. The second kappa shape index (κ2) is 7.08. The van der Waals surface area contributed by atoms with Gasteiger partial charge in [-0.3, -0.25) is 4.79 Å². The third kappa shape index (κ3) is 4.31. The molecule has 0 heterocycles. The fourth-order valence-electron chi connectivity index (χ4n) is 3.12. The van der Waals surface area contributed by atoms with Crippen LogP contribution in [0.3, 0.4) is 0 Å². The number of benzene rings is 1. The minimum absolute atomic E-state index is 0.00333. The zero-order valence-electron chi connectivity index (χ0n) is 13.2. The molecule has 0 spiro atoms. The average molecular weight is 289 g/mol. The topological polar surface area (TPSA) is 49.3 Å². The molecule has 3 nitrogen and oxygen atoms in total. The summed E-state index contributed by atoms with van der Waals surface area (Å²) in [5.74, 6) is 0.155. The Labute approximate surface area is 127 Å². The van der Waals surface area contributed by atoms with Crippen LogP contribution in [0.4, 0.5) is 0 Å². The van der Waals surface area contributed by atoms with Crippen molar-refractivity contribution in [3.63, 3.8) is 0 Å². The minimum Gasteiger partial charge on any atom is -0.396 e. The number of aliphatic hydroxyl groups is 1. The third-order valence-electron chi connectivity index (χ3n) is 4.44. The Kier molecular flexibility index (Phi) is 5.40. The summed E-state index contributed by atoms with van der Waals surface area (Å²) >= 11 is 0. The van der Waals surface area contributed by atoms with Gasteiger partial charge >= 0.3 is 0 Å². The Morgan fingerprint density at radius 2 is 2.14 bits per heavy atom. The molecular formula is C18H27NO2. The second-order valence-electron chi connectivity index (χ2n) is 6.85. The molecule has 1 aliphatic rings. The Balaban J connectivity index is 1.96. The van der Waals surface area contributed by atoms with Crippen molar-refractivity contribution in [2.75, 3.05) is 13.2 Å². The van der Waals surface area contributed by atoms with Gasteiger partial charge in [0.25, 0.3) is 0 Å². The van der Waals surface area contributed by atoms with Gasteiger partial charge in [-0.2, -0.15) is 0 Å². The molecule has 1 aliphatic carbocycles. The van der Waals surface area contributed by atoms with Crippen LogP contribution in [0, 0.1) is 5.41 Å². The van der Waals surface area contributed by atoms with E-state index in [0.717, 1.165) is 32.1 Å². The molecule has 1 atom stereocenters. The maximum Gasteiger partial charge on any atom is 0.227 e. The molecule has 1 unspecified atom stereocenters. The molecule has 21 heavy (non-hydrogen) atoms. The van der Waals surface area contributed by atoms with Crippen LogP contribution >= 0.6 is 0 Å². The first-order chi connectivity index (χ1) is 10.0. The predicted molar refractivity (Wildman–Crippen MR) is 85.2 cm³/mol. The van der Waals surface area contributed by atoms with Crippen molar-refractivity contribution < 1.29 is 9.90 Å². The van der Waals surface area contributed by atoms with Crippen molar-refractivity contribution in [3.05, 3.63) is 35.4 Å². The molecule has 1 aromatic carbocycles. The van der Waals surface area contributed by atoms with Gasteiger partial charge in [-0.15, -0.1) is 0 Å². The molecule has 0 aliphatic heterocycles. The maximum absolute atomic E-state index is 12.5. The summed E-state index contributed by atoms with van der Waals surface area (Å²) in [5, 5.41) is 12.1. The van der Waals surface area contributed by atoms with Crippen molar-refractivity contribution >= 4 is 5.91 Å². The van der Waals surface area contributed by atoms with Gasteiger partial charge in [-0.1, -0.05) is 38.1 Å². The average Bonchev–Trinajstić information content (AvgIpc) is 2.50. The number of hydrogen-bond donors (Lipinski definition) is 2. The Hall–Kier alpha value is -1.35. The lowest BCUT2D eigenvalue weighted by molar-refractivity contribution is -0.123. The van der Waals surface area contributed by atoms with Crippen LogP contribution < -0.4 is 5.32 Å². The lowest BCUT2D eigenvalue weighted by Gasteiger charge is -2.28. The summed E-state index contributed by atoms with van der Waals surface area (Å²) in [7, 11) is 0. The largest absolute Gasteiger partial charge is 0.396 e. The van der Waals surface area contributed by atoms with E-state index in [1.165, 1.54) is 11.1 Å². The van der Waals surface area contributed by atoms with Gasteiger partial charge in [-0.25, -0.2) is 0 Å². The number of rotatable bonds is 6. The number of hydrogen-bond acceptors (Lipinski definition) is 2. The van der Waals surface area contributed by atoms with Crippen LogP contribution in [0.2, 0.25) is 0 Å². The van der Waals surface area contributed by atoms with Gasteiger partial charge in [0.1, 0.15) is 0 Å². The van der Waals surface area contributed by atoms with Crippen molar-refractivity contribution in [2.24, 2.45) is 5.41 Å². The second-order valence-corrected chi connectivity index (χ2v) is 6.85. The molecule has 0 aromatic heterocycles. The highest BCUT2D eigenvalue weighted by Gasteiger charge is 2.27. The first kappa shape index (κ1) is 16.0. The van der Waals surface area contributed by atoms with Gasteiger partial charge in [0.15, 0.2) is 0 Å². The summed E-state index contributed by atoms with van der Waals surface area (Å²) in [4.78, 5) is 12.5. The number of carbonyl (C=O) groups excluding carboxylic acids is 1. The lowest BCUT2D eigenvalue weighted by Crippen LogP contribution is -2.38. The first-order valence-electron chi connectivity index (χ1n) is 8.00. The Morgan fingerprint density at radius 1 is 1.38 bits per heavy atom. The number of aliphatic hydroxyl groups excluding tert-OH is 1. The van der Waals surface area contributed by atoms with Crippen LogP contribution in [0.25, 0.3) is 0 Å². The van der Waals surface area contributed by atoms with Crippen LogP contribution in [0.15, 0.2) is 24.3 Å². The number of carbonyl (C=O) groups is 1. The summed E-state index contributed by atoms with van der Waals surface area (Å²) in [6.07, 6.45) is 4.82. The maximum atomic E-state index is 12.5. The number of fused-ring (bicyclic) bond motifs is 1. The summed E-state index contributed by atoms with van der Waals surface area (Å²) in [5.41, 5.74) is 2.56. The summed E-state index contributed by atoms with van der Waals surface area (Å²) in [6.45, 7) is 5.16. The molecule has 1 aromatic rings. The fourth-order valence-corrected chi connectivity index (χ4v) is 3.12. The minimum atomic E-state index is 0.00333. The van der Waals surface area contributed by atoms with E-state index in [4.69, 9.17) is 5.11 Å². The smallest absolute Gasteiger partial charge is 0.227 e. The molecular weight excluding hydrogens is 262 g/mol. The van der Waals surface area contributed by atoms with Gasteiger partial charge < -0.3 is 10.4 Å². The van der Waals surface area contributed by atoms with Crippen LogP contribution in [0.5, 0.6) is 0 Å². The Bertz CT molecular complexity index is 482. The van der Waals surface area contributed by atoms with Crippen LogP contribution in [0.1, 0.15) is 56.6 Å². The fraction of sp³-hybridized carbons (Fsp3) is 0.611. The SMILES string of the molecule is CC(C)(CCCO)CNC(=O)C1CCCc2ccccc21. The molecule has 0 fully saturated rings. The number of aryl methyl sites for hydroxylation is 1. The first-order valence-corrected chi connectivity index (χ1v) is 8.00. The zero-order chi connectivity index (χ0) is 15.3. The lowest BCUT2D eigenvalue weighted by atomic mass is 9.82. The predicted octanol–water partition coefficient (Wildman–Crippen LogP) is 3.02. The van der Waals surface area contributed by atoms with Crippen molar-refractivity contribution in [2.45, 2.75) is 51.9 Å². The molecule has 3 heteroatoms. The monoisotopic (exact) mass is 289 g/mol. The third-order valence-corrected chi connectivity index (χ3v) is 4.44. The van der Waals surface area contributed by atoms with E-state index in [9.17, 15) is 4.79 Å². The van der Waals surface area contributed by atoms with Crippen molar-refractivity contribution in [1.82, 2.24) is 5.32 Å². The quantitative estimate of drug-likeness (QED) is 0.845. The van der Waals surface area contributed by atoms with E-state index in [-0.39, 0.29) is 23.8 Å². The van der Waals surface area contributed by atoms with Crippen molar-refractivity contribution in [3.8, 4) is 0 Å². The van der Waals surface area contributed by atoms with Gasteiger partial charge in [-0.05, 0) is 48.6 Å². The number of amides is 1. The number of nitrogens with one attached hydrogen (secondary N) is 1. The van der Waals surface area contributed by atoms with E-state index in [1.807, 2.05) is 6.07 Å². The van der Waals surface area contributed by atoms with Gasteiger partial charge in [0, 0.05) is 13.2 Å². The standard InChI is InChI=1S/C18H27NO2/c1-18(2,11-6-12-20)13-19-17(21)16-10-5-8-14-7-3-4-9-15(14)16/h3-4,7,9,16,20H,5-6,8,10-13H2,1-2H3,(H,19,21). The molecule has 116 valence electrons.